The molecule has 1 heterocycles. The first-order valence-electron chi connectivity index (χ1n) is 5.06. The second-order valence-electron chi connectivity index (χ2n) is 3.63. The van der Waals surface area contributed by atoms with Gasteiger partial charge in [-0.1, -0.05) is 22.0 Å². The van der Waals surface area contributed by atoms with Gasteiger partial charge in [0.05, 0.1) is 5.69 Å². The second kappa shape index (κ2) is 4.71. The third kappa shape index (κ3) is 2.39. The first-order chi connectivity index (χ1) is 8.09. The molecule has 0 saturated carbocycles. The van der Waals surface area contributed by atoms with Crippen molar-refractivity contribution in [2.24, 2.45) is 0 Å². The zero-order chi connectivity index (χ0) is 12.4. The van der Waals surface area contributed by atoms with E-state index < -0.39 is 0 Å². The van der Waals surface area contributed by atoms with Crippen LogP contribution in [0.25, 0.3) is 0 Å². The number of carbonyl (C=O) groups is 1. The van der Waals surface area contributed by atoms with Crippen LogP contribution in [-0.4, -0.2) is 10.9 Å². The van der Waals surface area contributed by atoms with E-state index in [0.29, 0.717) is 5.69 Å². The number of oxazole rings is 1. The molecule has 5 heteroatoms. The van der Waals surface area contributed by atoms with Gasteiger partial charge in [-0.15, -0.1) is 0 Å². The van der Waals surface area contributed by atoms with Crippen molar-refractivity contribution in [3.05, 3.63) is 46.1 Å². The summed E-state index contributed by atoms with van der Waals surface area (Å²) < 4.78 is 5.98. The van der Waals surface area contributed by atoms with Crippen LogP contribution in [0.4, 0.5) is 5.69 Å². The molecule has 0 unspecified atom stereocenters. The van der Waals surface area contributed by atoms with Gasteiger partial charge in [0.15, 0.2) is 6.39 Å². The number of carbonyl (C=O) groups excluding carboxylic acids is 1. The Balaban J connectivity index is 2.25. The molecule has 0 fully saturated rings. The lowest BCUT2D eigenvalue weighted by Gasteiger charge is -2.08. The minimum Gasteiger partial charge on any atom is -0.438 e. The van der Waals surface area contributed by atoms with Gasteiger partial charge in [-0.05, 0) is 31.5 Å². The number of benzene rings is 1. The van der Waals surface area contributed by atoms with Crippen molar-refractivity contribution in [3.8, 4) is 0 Å². The average Bonchev–Trinajstić information content (AvgIpc) is 2.71. The number of amides is 1. The van der Waals surface area contributed by atoms with Crippen molar-refractivity contribution >= 4 is 27.5 Å². The van der Waals surface area contributed by atoms with Gasteiger partial charge in [-0.2, -0.15) is 0 Å². The van der Waals surface area contributed by atoms with Crippen LogP contribution in [0.3, 0.4) is 0 Å². The van der Waals surface area contributed by atoms with Gasteiger partial charge < -0.3 is 9.73 Å². The number of halogens is 1. The first-order valence-corrected chi connectivity index (χ1v) is 5.85. The van der Waals surface area contributed by atoms with Crippen molar-refractivity contribution in [2.45, 2.75) is 13.8 Å². The van der Waals surface area contributed by atoms with E-state index in [4.69, 9.17) is 4.42 Å². The molecule has 0 aliphatic heterocycles. The van der Waals surface area contributed by atoms with Crippen LogP contribution in [0.15, 0.2) is 33.5 Å². The van der Waals surface area contributed by atoms with Crippen LogP contribution < -0.4 is 5.32 Å². The molecule has 0 atom stereocenters. The lowest BCUT2D eigenvalue weighted by Crippen LogP contribution is -2.13. The lowest BCUT2D eigenvalue weighted by atomic mass is 10.2. The molecule has 1 aromatic carbocycles. The highest BCUT2D eigenvalue weighted by Gasteiger charge is 2.15. The maximum absolute atomic E-state index is 11.9. The maximum atomic E-state index is 11.9. The van der Waals surface area contributed by atoms with Crippen molar-refractivity contribution < 1.29 is 9.21 Å². The zero-order valence-electron chi connectivity index (χ0n) is 9.45. The van der Waals surface area contributed by atoms with Gasteiger partial charge in [-0.3, -0.25) is 4.79 Å². The standard InChI is InChI=1S/C12H11BrN2O2/c1-7-9(13)4-3-5-10(7)15-12(16)11-8(2)14-6-17-11/h3-6H,1-2H3,(H,15,16). The van der Waals surface area contributed by atoms with Crippen LogP contribution in [0.2, 0.25) is 0 Å². The largest absolute Gasteiger partial charge is 0.438 e. The van der Waals surface area contributed by atoms with E-state index in [2.05, 4.69) is 26.2 Å². The Labute approximate surface area is 107 Å². The fourth-order valence-corrected chi connectivity index (χ4v) is 1.81. The number of hydrogen-bond acceptors (Lipinski definition) is 3. The van der Waals surface area contributed by atoms with Gasteiger partial charge in [0.25, 0.3) is 5.91 Å². The summed E-state index contributed by atoms with van der Waals surface area (Å²) in [4.78, 5) is 15.8. The van der Waals surface area contributed by atoms with Crippen molar-refractivity contribution in [2.75, 3.05) is 5.32 Å². The van der Waals surface area contributed by atoms with Crippen LogP contribution in [0.1, 0.15) is 21.8 Å². The van der Waals surface area contributed by atoms with Gasteiger partial charge >= 0.3 is 0 Å². The lowest BCUT2D eigenvalue weighted by molar-refractivity contribution is 0.0996. The molecule has 1 N–H and O–H groups in total. The quantitative estimate of drug-likeness (QED) is 0.924. The van der Waals surface area contributed by atoms with Crippen LogP contribution >= 0.6 is 15.9 Å². The third-order valence-corrected chi connectivity index (χ3v) is 3.33. The summed E-state index contributed by atoms with van der Waals surface area (Å²) in [6.45, 7) is 3.65. The molecule has 0 aliphatic carbocycles. The van der Waals surface area contributed by atoms with E-state index in [9.17, 15) is 4.79 Å². The predicted octanol–water partition coefficient (Wildman–Crippen LogP) is 3.31. The molecule has 2 aromatic rings. The molecule has 0 saturated heterocycles. The Morgan fingerprint density at radius 2 is 2.18 bits per heavy atom. The van der Waals surface area contributed by atoms with E-state index in [0.717, 1.165) is 15.7 Å². The monoisotopic (exact) mass is 294 g/mol. The number of aryl methyl sites for hydroxylation is 1. The number of nitrogens with zero attached hydrogens (tertiary/aromatic N) is 1. The number of aromatic nitrogens is 1. The Kier molecular flexibility index (Phi) is 3.28. The molecule has 4 nitrogen and oxygen atoms in total. The van der Waals surface area contributed by atoms with E-state index in [1.165, 1.54) is 6.39 Å². The zero-order valence-corrected chi connectivity index (χ0v) is 11.0. The first kappa shape index (κ1) is 11.9. The highest BCUT2D eigenvalue weighted by molar-refractivity contribution is 9.10. The molecule has 0 bridgehead atoms. The van der Waals surface area contributed by atoms with Crippen molar-refractivity contribution in [1.29, 1.82) is 0 Å². The number of anilines is 1. The maximum Gasteiger partial charge on any atom is 0.293 e. The smallest absolute Gasteiger partial charge is 0.293 e. The molecular weight excluding hydrogens is 284 g/mol. The summed E-state index contributed by atoms with van der Waals surface area (Å²) in [6, 6.07) is 5.62. The molecule has 0 aliphatic rings. The summed E-state index contributed by atoms with van der Waals surface area (Å²) in [6.07, 6.45) is 1.26. The van der Waals surface area contributed by atoms with E-state index in [-0.39, 0.29) is 11.7 Å². The topological polar surface area (TPSA) is 55.1 Å². The van der Waals surface area contributed by atoms with Gasteiger partial charge in [0.1, 0.15) is 0 Å². The molecule has 0 spiro atoms. The van der Waals surface area contributed by atoms with E-state index in [1.54, 1.807) is 6.92 Å². The fraction of sp³-hybridized carbons (Fsp3) is 0.167. The minimum atomic E-state index is -0.291. The molecule has 1 aromatic heterocycles. The third-order valence-electron chi connectivity index (χ3n) is 2.47. The van der Waals surface area contributed by atoms with Crippen LogP contribution in [0.5, 0.6) is 0 Å². The number of rotatable bonds is 2. The SMILES string of the molecule is Cc1ncoc1C(=O)Nc1cccc(Br)c1C. The molecule has 17 heavy (non-hydrogen) atoms. The molecular formula is C12H11BrN2O2. The van der Waals surface area contributed by atoms with Gasteiger partial charge in [0, 0.05) is 10.2 Å². The minimum absolute atomic E-state index is 0.240. The van der Waals surface area contributed by atoms with Crippen molar-refractivity contribution in [1.82, 2.24) is 4.98 Å². The molecule has 2 rings (SSSR count). The Morgan fingerprint density at radius 1 is 1.41 bits per heavy atom. The van der Waals surface area contributed by atoms with Crippen molar-refractivity contribution in [3.63, 3.8) is 0 Å². The summed E-state index contributed by atoms with van der Waals surface area (Å²) >= 11 is 3.41. The number of hydrogen-bond donors (Lipinski definition) is 1. The summed E-state index contributed by atoms with van der Waals surface area (Å²) in [5.74, 6) is -0.0504. The summed E-state index contributed by atoms with van der Waals surface area (Å²) in [5.41, 5.74) is 2.30. The van der Waals surface area contributed by atoms with Crippen LogP contribution in [-0.2, 0) is 0 Å². The van der Waals surface area contributed by atoms with Gasteiger partial charge in [-0.25, -0.2) is 4.98 Å². The molecule has 1 amide bonds. The Bertz CT molecular complexity index is 563. The molecule has 88 valence electrons. The van der Waals surface area contributed by atoms with Crippen LogP contribution in [0, 0.1) is 13.8 Å². The Hall–Kier alpha value is -1.62. The van der Waals surface area contributed by atoms with E-state index >= 15 is 0 Å². The highest BCUT2D eigenvalue weighted by Crippen LogP contribution is 2.24. The highest BCUT2D eigenvalue weighted by atomic mass is 79.9. The van der Waals surface area contributed by atoms with E-state index in [1.807, 2.05) is 25.1 Å². The Morgan fingerprint density at radius 3 is 2.82 bits per heavy atom. The number of nitrogens with one attached hydrogen (secondary N) is 1. The second-order valence-corrected chi connectivity index (χ2v) is 4.49. The molecule has 0 radical (unpaired) electrons. The van der Waals surface area contributed by atoms with Gasteiger partial charge in [0.2, 0.25) is 5.76 Å². The average molecular weight is 295 g/mol. The fourth-order valence-electron chi connectivity index (χ4n) is 1.44. The predicted molar refractivity (Wildman–Crippen MR) is 68.1 cm³/mol. The summed E-state index contributed by atoms with van der Waals surface area (Å²) in [7, 11) is 0. The normalized spacial score (nSPS) is 10.3. The summed E-state index contributed by atoms with van der Waals surface area (Å²) in [5, 5.41) is 2.79.